The SMILES string of the molecule is COCc1cc(NCC2(OC)CCC2)n2ncnc2n1. The fourth-order valence-corrected chi connectivity index (χ4v) is 2.48. The summed E-state index contributed by atoms with van der Waals surface area (Å²) in [6.45, 7) is 1.21. The fraction of sp³-hybridized carbons (Fsp3) is 0.615. The van der Waals surface area contributed by atoms with E-state index < -0.39 is 0 Å². The van der Waals surface area contributed by atoms with Crippen molar-refractivity contribution in [3.05, 3.63) is 18.1 Å². The Hall–Kier alpha value is -1.73. The van der Waals surface area contributed by atoms with Gasteiger partial charge in [-0.15, -0.1) is 0 Å². The molecule has 1 aliphatic rings. The number of anilines is 1. The van der Waals surface area contributed by atoms with Crippen LogP contribution >= 0.6 is 0 Å². The summed E-state index contributed by atoms with van der Waals surface area (Å²) in [6.07, 6.45) is 4.90. The molecule has 0 aliphatic heterocycles. The molecule has 0 aromatic carbocycles. The Balaban J connectivity index is 1.83. The molecule has 2 heterocycles. The lowest BCUT2D eigenvalue weighted by Crippen LogP contribution is -2.45. The van der Waals surface area contributed by atoms with E-state index in [0.717, 1.165) is 30.9 Å². The number of hydrogen-bond acceptors (Lipinski definition) is 6. The van der Waals surface area contributed by atoms with Crippen molar-refractivity contribution in [2.45, 2.75) is 31.5 Å². The Labute approximate surface area is 117 Å². The third kappa shape index (κ3) is 2.34. The van der Waals surface area contributed by atoms with Crippen LogP contribution in [0.1, 0.15) is 25.0 Å². The van der Waals surface area contributed by atoms with Crippen molar-refractivity contribution >= 4 is 11.6 Å². The minimum atomic E-state index is -0.0441. The molecular formula is C13H19N5O2. The Morgan fingerprint density at radius 1 is 1.40 bits per heavy atom. The van der Waals surface area contributed by atoms with Crippen molar-refractivity contribution in [2.24, 2.45) is 0 Å². The van der Waals surface area contributed by atoms with E-state index in [1.54, 1.807) is 18.7 Å². The van der Waals surface area contributed by atoms with Crippen LogP contribution in [0.3, 0.4) is 0 Å². The lowest BCUT2D eigenvalue weighted by molar-refractivity contribution is -0.0601. The molecule has 0 bridgehead atoms. The summed E-state index contributed by atoms with van der Waals surface area (Å²) >= 11 is 0. The first-order valence-electron chi connectivity index (χ1n) is 6.74. The van der Waals surface area contributed by atoms with E-state index in [2.05, 4.69) is 20.4 Å². The molecule has 1 N–H and O–H groups in total. The van der Waals surface area contributed by atoms with Gasteiger partial charge in [-0.2, -0.15) is 14.6 Å². The number of rotatable bonds is 6. The third-order valence-electron chi connectivity index (χ3n) is 3.89. The third-order valence-corrected chi connectivity index (χ3v) is 3.89. The van der Waals surface area contributed by atoms with Crippen LogP contribution < -0.4 is 5.32 Å². The first-order chi connectivity index (χ1) is 9.76. The summed E-state index contributed by atoms with van der Waals surface area (Å²) in [7, 11) is 3.42. The van der Waals surface area contributed by atoms with Gasteiger partial charge in [0.2, 0.25) is 0 Å². The first kappa shape index (κ1) is 13.3. The maximum atomic E-state index is 5.62. The number of methoxy groups -OCH3 is 2. The minimum absolute atomic E-state index is 0.0441. The zero-order valence-electron chi connectivity index (χ0n) is 11.8. The van der Waals surface area contributed by atoms with Gasteiger partial charge in [0.05, 0.1) is 17.9 Å². The largest absolute Gasteiger partial charge is 0.378 e. The highest BCUT2D eigenvalue weighted by Gasteiger charge is 2.36. The molecule has 0 radical (unpaired) electrons. The van der Waals surface area contributed by atoms with Crippen molar-refractivity contribution in [2.75, 3.05) is 26.1 Å². The molecule has 0 amide bonds. The standard InChI is InChI=1S/C13H19N5O2/c1-19-7-10-6-11(18-12(17-10)15-9-16-18)14-8-13(20-2)4-3-5-13/h6,9,14H,3-5,7-8H2,1-2H3. The highest BCUT2D eigenvalue weighted by molar-refractivity contribution is 5.45. The van der Waals surface area contributed by atoms with Crippen LogP contribution in [0, 0.1) is 0 Å². The van der Waals surface area contributed by atoms with Gasteiger partial charge in [0.25, 0.3) is 5.78 Å². The highest BCUT2D eigenvalue weighted by Crippen LogP contribution is 2.35. The van der Waals surface area contributed by atoms with E-state index in [-0.39, 0.29) is 5.60 Å². The summed E-state index contributed by atoms with van der Waals surface area (Å²) < 4.78 is 12.4. The van der Waals surface area contributed by atoms with E-state index in [1.165, 1.54) is 12.7 Å². The monoisotopic (exact) mass is 277 g/mol. The lowest BCUT2D eigenvalue weighted by atomic mass is 9.80. The molecular weight excluding hydrogens is 258 g/mol. The second-order valence-corrected chi connectivity index (χ2v) is 5.13. The van der Waals surface area contributed by atoms with Crippen LogP contribution in [-0.2, 0) is 16.1 Å². The molecule has 0 spiro atoms. The Morgan fingerprint density at radius 2 is 2.25 bits per heavy atom. The molecule has 2 aromatic heterocycles. The molecule has 2 aromatic rings. The van der Waals surface area contributed by atoms with Crippen LogP contribution in [0.15, 0.2) is 12.4 Å². The van der Waals surface area contributed by atoms with Crippen molar-refractivity contribution in [3.8, 4) is 0 Å². The van der Waals surface area contributed by atoms with Gasteiger partial charge in [-0.25, -0.2) is 4.98 Å². The van der Waals surface area contributed by atoms with Gasteiger partial charge in [-0.1, -0.05) is 0 Å². The van der Waals surface area contributed by atoms with Gasteiger partial charge in [0, 0.05) is 26.8 Å². The zero-order valence-corrected chi connectivity index (χ0v) is 11.8. The van der Waals surface area contributed by atoms with Gasteiger partial charge < -0.3 is 14.8 Å². The molecule has 0 saturated heterocycles. The summed E-state index contributed by atoms with van der Waals surface area (Å²) in [4.78, 5) is 8.51. The Kier molecular flexibility index (Phi) is 3.54. The quantitative estimate of drug-likeness (QED) is 0.856. The van der Waals surface area contributed by atoms with Gasteiger partial charge >= 0.3 is 0 Å². The number of aromatic nitrogens is 4. The summed E-state index contributed by atoms with van der Waals surface area (Å²) in [5, 5.41) is 7.60. The average molecular weight is 277 g/mol. The number of ether oxygens (including phenoxy) is 2. The van der Waals surface area contributed by atoms with Crippen molar-refractivity contribution in [1.82, 2.24) is 19.6 Å². The van der Waals surface area contributed by atoms with E-state index >= 15 is 0 Å². The first-order valence-corrected chi connectivity index (χ1v) is 6.74. The second-order valence-electron chi connectivity index (χ2n) is 5.13. The molecule has 0 atom stereocenters. The van der Waals surface area contributed by atoms with Gasteiger partial charge in [0.15, 0.2) is 0 Å². The van der Waals surface area contributed by atoms with Crippen LogP contribution in [0.2, 0.25) is 0 Å². The van der Waals surface area contributed by atoms with Gasteiger partial charge in [0.1, 0.15) is 12.1 Å². The lowest BCUT2D eigenvalue weighted by Gasteiger charge is -2.40. The molecule has 3 rings (SSSR count). The van der Waals surface area contributed by atoms with Crippen molar-refractivity contribution < 1.29 is 9.47 Å². The molecule has 1 aliphatic carbocycles. The van der Waals surface area contributed by atoms with Crippen LogP contribution in [0.5, 0.6) is 0 Å². The summed E-state index contributed by atoms with van der Waals surface area (Å²) in [5.74, 6) is 1.44. The molecule has 108 valence electrons. The normalized spacial score (nSPS) is 17.1. The van der Waals surface area contributed by atoms with Crippen LogP contribution in [0.4, 0.5) is 5.82 Å². The molecule has 7 heteroatoms. The maximum absolute atomic E-state index is 5.62. The van der Waals surface area contributed by atoms with Gasteiger partial charge in [-0.3, -0.25) is 0 Å². The van der Waals surface area contributed by atoms with Crippen molar-refractivity contribution in [1.29, 1.82) is 0 Å². The smallest absolute Gasteiger partial charge is 0.254 e. The predicted octanol–water partition coefficient (Wildman–Crippen LogP) is 1.25. The number of nitrogens with zero attached hydrogens (tertiary/aromatic N) is 4. The van der Waals surface area contributed by atoms with Crippen molar-refractivity contribution in [3.63, 3.8) is 0 Å². The molecule has 1 fully saturated rings. The molecule has 7 nitrogen and oxygen atoms in total. The van der Waals surface area contributed by atoms with Gasteiger partial charge in [-0.05, 0) is 19.3 Å². The van der Waals surface area contributed by atoms with Crippen LogP contribution in [-0.4, -0.2) is 45.9 Å². The summed E-state index contributed by atoms with van der Waals surface area (Å²) in [5.41, 5.74) is 0.785. The topological polar surface area (TPSA) is 73.6 Å². The predicted molar refractivity (Wildman–Crippen MR) is 73.6 cm³/mol. The maximum Gasteiger partial charge on any atom is 0.254 e. The minimum Gasteiger partial charge on any atom is -0.378 e. The van der Waals surface area contributed by atoms with E-state index in [4.69, 9.17) is 9.47 Å². The number of fused-ring (bicyclic) bond motifs is 1. The van der Waals surface area contributed by atoms with E-state index in [0.29, 0.717) is 12.4 Å². The average Bonchev–Trinajstić information content (AvgIpc) is 2.86. The fourth-order valence-electron chi connectivity index (χ4n) is 2.48. The van der Waals surface area contributed by atoms with Crippen LogP contribution in [0.25, 0.3) is 5.78 Å². The molecule has 0 unspecified atom stereocenters. The second kappa shape index (κ2) is 5.34. The molecule has 20 heavy (non-hydrogen) atoms. The molecule has 1 saturated carbocycles. The zero-order chi connectivity index (χ0) is 14.0. The Bertz CT molecular complexity index is 588. The number of hydrogen-bond donors (Lipinski definition) is 1. The highest BCUT2D eigenvalue weighted by atomic mass is 16.5. The Morgan fingerprint density at radius 3 is 2.90 bits per heavy atom. The number of nitrogens with one attached hydrogen (secondary N) is 1. The van der Waals surface area contributed by atoms with E-state index in [9.17, 15) is 0 Å². The van der Waals surface area contributed by atoms with E-state index in [1.807, 2.05) is 6.07 Å². The summed E-state index contributed by atoms with van der Waals surface area (Å²) in [6, 6.07) is 1.94.